The first kappa shape index (κ1) is 21.5. The van der Waals surface area contributed by atoms with E-state index in [9.17, 15) is 13.6 Å². The topological polar surface area (TPSA) is 69.0 Å². The summed E-state index contributed by atoms with van der Waals surface area (Å²) in [6.45, 7) is 6.36. The lowest BCUT2D eigenvalue weighted by Gasteiger charge is -2.10. The van der Waals surface area contributed by atoms with Gasteiger partial charge in [0.05, 0.1) is 11.4 Å². The number of nitrogens with one attached hydrogen (secondary N) is 1. The number of carbonyl (C=O) groups excluding carboxylic acids is 1. The van der Waals surface area contributed by atoms with Crippen molar-refractivity contribution in [3.8, 4) is 5.75 Å². The molecule has 1 aromatic heterocycles. The fourth-order valence-electron chi connectivity index (χ4n) is 2.61. The normalized spacial score (nSPS) is 10.6. The third kappa shape index (κ3) is 5.66. The summed E-state index contributed by atoms with van der Waals surface area (Å²) < 4.78 is 34.2. The highest BCUT2D eigenvalue weighted by molar-refractivity contribution is 7.99. The minimum absolute atomic E-state index is 0.0230. The molecule has 1 amide bonds. The van der Waals surface area contributed by atoms with Crippen LogP contribution in [0, 0.1) is 18.6 Å². The lowest BCUT2D eigenvalue weighted by molar-refractivity contribution is -0.113. The first-order valence-corrected chi connectivity index (χ1v) is 10.0. The molecule has 0 aliphatic rings. The molecule has 0 saturated carbocycles. The van der Waals surface area contributed by atoms with Gasteiger partial charge in [0.1, 0.15) is 24.0 Å². The Labute approximate surface area is 177 Å². The van der Waals surface area contributed by atoms with Gasteiger partial charge in [-0.1, -0.05) is 30.0 Å². The number of aromatic nitrogens is 3. The monoisotopic (exact) mass is 430 g/mol. The van der Waals surface area contributed by atoms with Crippen molar-refractivity contribution in [1.82, 2.24) is 14.8 Å². The lowest BCUT2D eigenvalue weighted by atomic mass is 10.2. The van der Waals surface area contributed by atoms with Crippen molar-refractivity contribution in [2.45, 2.75) is 25.2 Å². The maximum atomic E-state index is 13.7. The summed E-state index contributed by atoms with van der Waals surface area (Å²) in [5, 5.41) is 11.2. The van der Waals surface area contributed by atoms with Gasteiger partial charge >= 0.3 is 0 Å². The van der Waals surface area contributed by atoms with Gasteiger partial charge in [0.2, 0.25) is 5.91 Å². The summed E-state index contributed by atoms with van der Waals surface area (Å²) in [4.78, 5) is 12.1. The van der Waals surface area contributed by atoms with E-state index in [2.05, 4.69) is 22.1 Å². The summed E-state index contributed by atoms with van der Waals surface area (Å²) in [6, 6.07) is 10.6. The molecular formula is C21H20F2N4O2S. The number of rotatable bonds is 9. The molecule has 0 spiro atoms. The molecule has 1 N–H and O–H groups in total. The maximum Gasteiger partial charge on any atom is 0.234 e. The molecular weight excluding hydrogens is 410 g/mol. The first-order valence-electron chi connectivity index (χ1n) is 9.06. The van der Waals surface area contributed by atoms with Crippen LogP contribution in [0.15, 0.2) is 60.3 Å². The van der Waals surface area contributed by atoms with Gasteiger partial charge in [0, 0.05) is 12.6 Å². The van der Waals surface area contributed by atoms with Crippen LogP contribution in [0.25, 0.3) is 0 Å². The van der Waals surface area contributed by atoms with Crippen molar-refractivity contribution < 1.29 is 18.3 Å². The SMILES string of the molecule is C=CCn1c(COc2cccc(C)c2)nnc1SCC(=O)Nc1ccc(F)cc1F. The summed E-state index contributed by atoms with van der Waals surface area (Å²) in [5.41, 5.74) is 1.00. The van der Waals surface area contributed by atoms with Crippen molar-refractivity contribution >= 4 is 23.4 Å². The lowest BCUT2D eigenvalue weighted by Crippen LogP contribution is -2.16. The van der Waals surface area contributed by atoms with Gasteiger partial charge in [0.15, 0.2) is 11.0 Å². The highest BCUT2D eigenvalue weighted by Gasteiger charge is 2.15. The van der Waals surface area contributed by atoms with Crippen LogP contribution in [0.1, 0.15) is 11.4 Å². The van der Waals surface area contributed by atoms with Crippen LogP contribution in [0.2, 0.25) is 0 Å². The van der Waals surface area contributed by atoms with Crippen LogP contribution in [-0.4, -0.2) is 26.4 Å². The summed E-state index contributed by atoms with van der Waals surface area (Å²) in [5.74, 6) is -0.708. The first-order chi connectivity index (χ1) is 14.5. The third-order valence-corrected chi connectivity index (χ3v) is 4.97. The Balaban J connectivity index is 1.62. The van der Waals surface area contributed by atoms with Gasteiger partial charge in [0.25, 0.3) is 0 Å². The van der Waals surface area contributed by atoms with Gasteiger partial charge in [-0.05, 0) is 36.8 Å². The molecule has 9 heteroatoms. The third-order valence-electron chi connectivity index (χ3n) is 4.00. The van der Waals surface area contributed by atoms with E-state index < -0.39 is 17.5 Å². The Morgan fingerprint density at radius 2 is 2.10 bits per heavy atom. The van der Waals surface area contributed by atoms with Crippen LogP contribution < -0.4 is 10.1 Å². The van der Waals surface area contributed by atoms with E-state index in [0.29, 0.717) is 23.6 Å². The van der Waals surface area contributed by atoms with E-state index in [-0.39, 0.29) is 18.0 Å². The number of hydrogen-bond donors (Lipinski definition) is 1. The van der Waals surface area contributed by atoms with Gasteiger partial charge < -0.3 is 10.1 Å². The van der Waals surface area contributed by atoms with Crippen LogP contribution in [0.4, 0.5) is 14.5 Å². The number of halogens is 2. The van der Waals surface area contributed by atoms with Crippen LogP contribution in [0.3, 0.4) is 0 Å². The van der Waals surface area contributed by atoms with Gasteiger partial charge in [-0.25, -0.2) is 8.78 Å². The van der Waals surface area contributed by atoms with Crippen molar-refractivity contribution in [2.75, 3.05) is 11.1 Å². The van der Waals surface area contributed by atoms with Crippen LogP contribution >= 0.6 is 11.8 Å². The largest absolute Gasteiger partial charge is 0.486 e. The van der Waals surface area contributed by atoms with Gasteiger partial charge in [-0.15, -0.1) is 16.8 Å². The average molecular weight is 430 g/mol. The second-order valence-corrected chi connectivity index (χ2v) is 7.31. The molecule has 0 radical (unpaired) electrons. The maximum absolute atomic E-state index is 13.7. The number of allylic oxidation sites excluding steroid dienone is 1. The van der Waals surface area contributed by atoms with Crippen molar-refractivity contribution in [1.29, 1.82) is 0 Å². The second-order valence-electron chi connectivity index (χ2n) is 6.36. The molecule has 1 heterocycles. The Hall–Kier alpha value is -3.20. The molecule has 0 aliphatic carbocycles. The van der Waals surface area contributed by atoms with Crippen LogP contribution in [-0.2, 0) is 17.9 Å². The summed E-state index contributed by atoms with van der Waals surface area (Å²) in [7, 11) is 0. The Kier molecular flexibility index (Phi) is 7.18. The molecule has 0 atom stereocenters. The number of aryl methyl sites for hydroxylation is 1. The number of benzene rings is 2. The predicted molar refractivity (Wildman–Crippen MR) is 111 cm³/mol. The van der Waals surface area contributed by atoms with Crippen molar-refractivity contribution in [3.63, 3.8) is 0 Å². The quantitative estimate of drug-likeness (QED) is 0.404. The molecule has 0 fully saturated rings. The second kappa shape index (κ2) is 10.0. The van der Waals surface area contributed by atoms with E-state index in [0.717, 1.165) is 29.1 Å². The summed E-state index contributed by atoms with van der Waals surface area (Å²) >= 11 is 1.15. The highest BCUT2D eigenvalue weighted by atomic mass is 32.2. The van der Waals surface area contributed by atoms with E-state index in [1.807, 2.05) is 31.2 Å². The van der Waals surface area contributed by atoms with Crippen molar-refractivity contribution in [3.05, 3.63) is 78.1 Å². The van der Waals surface area contributed by atoms with E-state index in [4.69, 9.17) is 4.74 Å². The number of hydrogen-bond acceptors (Lipinski definition) is 5. The smallest absolute Gasteiger partial charge is 0.234 e. The minimum Gasteiger partial charge on any atom is -0.486 e. The highest BCUT2D eigenvalue weighted by Crippen LogP contribution is 2.21. The van der Waals surface area contributed by atoms with Crippen molar-refractivity contribution in [2.24, 2.45) is 0 Å². The molecule has 156 valence electrons. The fraction of sp³-hybridized carbons (Fsp3) is 0.190. The fourth-order valence-corrected chi connectivity index (χ4v) is 3.37. The molecule has 3 aromatic rings. The zero-order chi connectivity index (χ0) is 21.5. The zero-order valence-electron chi connectivity index (χ0n) is 16.3. The summed E-state index contributed by atoms with van der Waals surface area (Å²) in [6.07, 6.45) is 1.69. The van der Waals surface area contributed by atoms with E-state index >= 15 is 0 Å². The molecule has 3 rings (SSSR count). The number of anilines is 1. The molecule has 30 heavy (non-hydrogen) atoms. The minimum atomic E-state index is -0.834. The average Bonchev–Trinajstić information content (AvgIpc) is 3.09. The predicted octanol–water partition coefficient (Wildman–Crippen LogP) is 4.36. The number of ether oxygens (including phenoxy) is 1. The van der Waals surface area contributed by atoms with E-state index in [1.54, 1.807) is 10.6 Å². The Morgan fingerprint density at radius 3 is 2.83 bits per heavy atom. The number of thioether (sulfide) groups is 1. The Bertz CT molecular complexity index is 1060. The number of carbonyl (C=O) groups is 1. The van der Waals surface area contributed by atoms with Crippen LogP contribution in [0.5, 0.6) is 5.75 Å². The molecule has 0 aliphatic heterocycles. The standard InChI is InChI=1S/C21H20F2N4O2S/c1-3-9-27-19(12-29-16-6-4-5-14(2)10-16)25-26-21(27)30-13-20(28)24-18-8-7-15(22)11-17(18)23/h3-8,10-11H,1,9,12-13H2,2H3,(H,24,28). The Morgan fingerprint density at radius 1 is 1.27 bits per heavy atom. The molecule has 0 bridgehead atoms. The molecule has 0 unspecified atom stereocenters. The zero-order valence-corrected chi connectivity index (χ0v) is 17.1. The number of amides is 1. The molecule has 0 saturated heterocycles. The molecule has 2 aromatic carbocycles. The van der Waals surface area contributed by atoms with Gasteiger partial charge in [-0.2, -0.15) is 0 Å². The molecule has 6 nitrogen and oxygen atoms in total. The van der Waals surface area contributed by atoms with E-state index in [1.165, 1.54) is 6.07 Å². The van der Waals surface area contributed by atoms with Gasteiger partial charge in [-0.3, -0.25) is 9.36 Å². The number of nitrogens with zero attached hydrogens (tertiary/aromatic N) is 3.